The summed E-state index contributed by atoms with van der Waals surface area (Å²) in [5, 5.41) is 0. The Kier molecular flexibility index (Phi) is 4.61. The maximum absolute atomic E-state index is 12.4. The molecule has 0 aliphatic carbocycles. The first-order valence-electron chi connectivity index (χ1n) is 6.93. The van der Waals surface area contributed by atoms with Crippen molar-refractivity contribution in [1.29, 1.82) is 0 Å². The van der Waals surface area contributed by atoms with Gasteiger partial charge in [-0.25, -0.2) is 0 Å². The van der Waals surface area contributed by atoms with E-state index >= 15 is 0 Å². The summed E-state index contributed by atoms with van der Waals surface area (Å²) in [4.78, 5) is 25.9. The number of benzene rings is 1. The van der Waals surface area contributed by atoms with Crippen LogP contribution in [0.4, 0.5) is 5.69 Å². The molecule has 1 aromatic carbocycles. The molecule has 1 fully saturated rings. The summed E-state index contributed by atoms with van der Waals surface area (Å²) in [5.41, 5.74) is 6.84. The highest BCUT2D eigenvalue weighted by molar-refractivity contribution is 5.94. The molecule has 5 nitrogen and oxygen atoms in total. The van der Waals surface area contributed by atoms with Crippen LogP contribution in [0, 0.1) is 5.92 Å². The van der Waals surface area contributed by atoms with Crippen molar-refractivity contribution in [2.24, 2.45) is 5.92 Å². The van der Waals surface area contributed by atoms with Crippen molar-refractivity contribution < 1.29 is 14.3 Å². The second kappa shape index (κ2) is 6.41. The molecule has 2 N–H and O–H groups in total. The predicted octanol–water partition coefficient (Wildman–Crippen LogP) is 1.68. The molecule has 1 aromatic rings. The summed E-state index contributed by atoms with van der Waals surface area (Å²) >= 11 is 0. The van der Waals surface area contributed by atoms with Gasteiger partial charge in [-0.05, 0) is 44.0 Å². The zero-order valence-corrected chi connectivity index (χ0v) is 11.7. The fraction of sp³-hybridized carbons (Fsp3) is 0.467. The van der Waals surface area contributed by atoms with E-state index in [0.717, 1.165) is 12.8 Å². The van der Waals surface area contributed by atoms with E-state index < -0.39 is 0 Å². The molecule has 0 radical (unpaired) electrons. The summed E-state index contributed by atoms with van der Waals surface area (Å²) in [6.45, 7) is 3.28. The van der Waals surface area contributed by atoms with Crippen LogP contribution in [0.5, 0.6) is 0 Å². The number of piperidine rings is 1. The Labute approximate surface area is 118 Å². The first-order valence-corrected chi connectivity index (χ1v) is 6.93. The smallest absolute Gasteiger partial charge is 0.310 e. The topological polar surface area (TPSA) is 72.6 Å². The van der Waals surface area contributed by atoms with Crippen molar-refractivity contribution in [2.75, 3.05) is 25.4 Å². The summed E-state index contributed by atoms with van der Waals surface area (Å²) in [5.74, 6) is -0.470. The maximum Gasteiger partial charge on any atom is 0.310 e. The number of nitrogens with two attached hydrogens (primary N) is 1. The minimum atomic E-state index is -0.207. The first-order chi connectivity index (χ1) is 9.61. The van der Waals surface area contributed by atoms with Crippen LogP contribution in [0.25, 0.3) is 0 Å². The highest BCUT2D eigenvalue weighted by Gasteiger charge is 2.29. The van der Waals surface area contributed by atoms with E-state index in [2.05, 4.69) is 0 Å². The maximum atomic E-state index is 12.4. The van der Waals surface area contributed by atoms with Crippen molar-refractivity contribution in [3.05, 3.63) is 29.8 Å². The van der Waals surface area contributed by atoms with Gasteiger partial charge in [-0.1, -0.05) is 0 Å². The lowest BCUT2D eigenvalue weighted by molar-refractivity contribution is -0.149. The van der Waals surface area contributed by atoms with Gasteiger partial charge in [-0.15, -0.1) is 0 Å². The van der Waals surface area contributed by atoms with E-state index in [4.69, 9.17) is 10.5 Å². The molecule has 0 aromatic heterocycles. The average Bonchev–Trinajstić information content (AvgIpc) is 2.48. The molecule has 0 saturated carbocycles. The number of nitrogen functional groups attached to an aromatic ring is 1. The quantitative estimate of drug-likeness (QED) is 0.673. The lowest BCUT2D eigenvalue weighted by atomic mass is 9.97. The summed E-state index contributed by atoms with van der Waals surface area (Å²) in [7, 11) is 0. The van der Waals surface area contributed by atoms with Gasteiger partial charge in [0.25, 0.3) is 5.91 Å². The van der Waals surface area contributed by atoms with Crippen LogP contribution in [0.15, 0.2) is 24.3 Å². The number of carbonyl (C=O) groups excluding carboxylic acids is 2. The van der Waals surface area contributed by atoms with Gasteiger partial charge in [0.1, 0.15) is 0 Å². The average molecular weight is 276 g/mol. The van der Waals surface area contributed by atoms with Gasteiger partial charge in [0.2, 0.25) is 0 Å². The van der Waals surface area contributed by atoms with Gasteiger partial charge in [-0.2, -0.15) is 0 Å². The number of ether oxygens (including phenoxy) is 1. The van der Waals surface area contributed by atoms with Crippen LogP contribution in [0.3, 0.4) is 0 Å². The van der Waals surface area contributed by atoms with E-state index in [9.17, 15) is 9.59 Å². The Morgan fingerprint density at radius 1 is 1.35 bits per heavy atom. The normalized spacial score (nSPS) is 18.6. The number of esters is 1. The zero-order chi connectivity index (χ0) is 14.5. The van der Waals surface area contributed by atoms with Crippen LogP contribution in [-0.4, -0.2) is 36.5 Å². The highest BCUT2D eigenvalue weighted by Crippen LogP contribution is 2.20. The van der Waals surface area contributed by atoms with E-state index in [0.29, 0.717) is 30.9 Å². The Morgan fingerprint density at radius 3 is 2.70 bits per heavy atom. The second-order valence-corrected chi connectivity index (χ2v) is 4.96. The molecule has 1 aliphatic heterocycles. The number of likely N-dealkylation sites (tertiary alicyclic amines) is 1. The number of rotatable bonds is 3. The van der Waals surface area contributed by atoms with E-state index in [1.807, 2.05) is 0 Å². The van der Waals surface area contributed by atoms with Crippen LogP contribution < -0.4 is 5.73 Å². The second-order valence-electron chi connectivity index (χ2n) is 4.96. The van der Waals surface area contributed by atoms with Crippen LogP contribution >= 0.6 is 0 Å². The highest BCUT2D eigenvalue weighted by atomic mass is 16.5. The molecule has 1 heterocycles. The van der Waals surface area contributed by atoms with Gasteiger partial charge in [0.15, 0.2) is 0 Å². The molecule has 0 unspecified atom stereocenters. The fourth-order valence-electron chi connectivity index (χ4n) is 2.42. The molecular formula is C15H20N2O3. The zero-order valence-electron chi connectivity index (χ0n) is 11.7. The molecular weight excluding hydrogens is 256 g/mol. The Morgan fingerprint density at radius 2 is 2.05 bits per heavy atom. The molecule has 5 heteroatoms. The van der Waals surface area contributed by atoms with Gasteiger partial charge < -0.3 is 15.4 Å². The standard InChI is InChI=1S/C15H20N2O3/c1-2-20-15(19)12-4-3-9-17(10-12)14(18)11-5-7-13(16)8-6-11/h5-8,12H,2-4,9-10,16H2,1H3/t12-/m0/s1. The molecule has 0 spiro atoms. The molecule has 1 saturated heterocycles. The molecule has 1 aliphatic rings. The van der Waals surface area contributed by atoms with Crippen LogP contribution in [-0.2, 0) is 9.53 Å². The summed E-state index contributed by atoms with van der Waals surface area (Å²) in [6.07, 6.45) is 1.61. The molecule has 1 amide bonds. The minimum absolute atomic E-state index is 0.0565. The van der Waals surface area contributed by atoms with E-state index in [1.54, 1.807) is 36.1 Å². The lowest BCUT2D eigenvalue weighted by Gasteiger charge is -2.31. The lowest BCUT2D eigenvalue weighted by Crippen LogP contribution is -2.42. The molecule has 2 rings (SSSR count). The SMILES string of the molecule is CCOC(=O)[C@H]1CCCN(C(=O)c2ccc(N)cc2)C1. The number of amides is 1. The van der Waals surface area contributed by atoms with Gasteiger partial charge in [0, 0.05) is 24.3 Å². The number of hydrogen-bond donors (Lipinski definition) is 1. The van der Waals surface area contributed by atoms with Crippen molar-refractivity contribution in [2.45, 2.75) is 19.8 Å². The minimum Gasteiger partial charge on any atom is -0.466 e. The Hall–Kier alpha value is -2.04. The number of hydrogen-bond acceptors (Lipinski definition) is 4. The molecule has 108 valence electrons. The monoisotopic (exact) mass is 276 g/mol. The van der Waals surface area contributed by atoms with Crippen LogP contribution in [0.2, 0.25) is 0 Å². The van der Waals surface area contributed by atoms with Crippen molar-refractivity contribution in [3.8, 4) is 0 Å². The number of nitrogens with zero attached hydrogens (tertiary/aromatic N) is 1. The van der Waals surface area contributed by atoms with Crippen molar-refractivity contribution in [1.82, 2.24) is 4.90 Å². The van der Waals surface area contributed by atoms with Gasteiger partial charge in [0.05, 0.1) is 12.5 Å². The summed E-state index contributed by atoms with van der Waals surface area (Å²) < 4.78 is 5.04. The van der Waals surface area contributed by atoms with Crippen molar-refractivity contribution >= 4 is 17.6 Å². The molecule has 20 heavy (non-hydrogen) atoms. The van der Waals surface area contributed by atoms with Gasteiger partial charge in [-0.3, -0.25) is 9.59 Å². The van der Waals surface area contributed by atoms with E-state index in [1.165, 1.54) is 0 Å². The predicted molar refractivity (Wildman–Crippen MR) is 76.1 cm³/mol. The van der Waals surface area contributed by atoms with Crippen molar-refractivity contribution in [3.63, 3.8) is 0 Å². The third kappa shape index (κ3) is 3.29. The third-order valence-corrected chi connectivity index (χ3v) is 3.49. The van der Waals surface area contributed by atoms with E-state index in [-0.39, 0.29) is 17.8 Å². The molecule has 0 bridgehead atoms. The third-order valence-electron chi connectivity index (χ3n) is 3.49. The largest absolute Gasteiger partial charge is 0.466 e. The van der Waals surface area contributed by atoms with Crippen LogP contribution in [0.1, 0.15) is 30.1 Å². The Bertz CT molecular complexity index is 484. The number of anilines is 1. The van der Waals surface area contributed by atoms with Gasteiger partial charge >= 0.3 is 5.97 Å². The Balaban J connectivity index is 2.03. The fourth-order valence-corrected chi connectivity index (χ4v) is 2.42. The molecule has 1 atom stereocenters. The first kappa shape index (κ1) is 14.4. The number of carbonyl (C=O) groups is 2. The summed E-state index contributed by atoms with van der Waals surface area (Å²) in [6, 6.07) is 6.84.